The molecule has 24 heavy (non-hydrogen) atoms. The first-order chi connectivity index (χ1) is 11.5. The molecule has 0 aromatic heterocycles. The number of rotatable bonds is 9. The van der Waals surface area contributed by atoms with Crippen molar-refractivity contribution >= 4 is 15.7 Å². The van der Waals surface area contributed by atoms with Gasteiger partial charge in [-0.05, 0) is 54.8 Å². The van der Waals surface area contributed by atoms with Gasteiger partial charge in [0, 0.05) is 12.2 Å². The van der Waals surface area contributed by atoms with Gasteiger partial charge in [0.1, 0.15) is 5.75 Å². The molecule has 6 heteroatoms. The fourth-order valence-corrected chi connectivity index (χ4v) is 3.18. The van der Waals surface area contributed by atoms with Crippen molar-refractivity contribution in [2.45, 2.75) is 31.1 Å². The molecule has 0 fully saturated rings. The van der Waals surface area contributed by atoms with Crippen molar-refractivity contribution in [1.29, 1.82) is 0 Å². The molecule has 5 nitrogen and oxygen atoms in total. The van der Waals surface area contributed by atoms with Gasteiger partial charge in [-0.25, -0.2) is 13.1 Å². The number of nitrogens with one attached hydrogen (secondary N) is 1. The minimum atomic E-state index is -3.50. The molecule has 0 spiro atoms. The molecule has 0 amide bonds. The first-order valence-electron chi connectivity index (χ1n) is 8.08. The van der Waals surface area contributed by atoms with Crippen LogP contribution < -0.4 is 15.2 Å². The number of hydrogen-bond donors (Lipinski definition) is 2. The molecule has 0 bridgehead atoms. The number of ether oxygens (including phenoxy) is 1. The summed E-state index contributed by atoms with van der Waals surface area (Å²) in [4.78, 5) is 0.219. The summed E-state index contributed by atoms with van der Waals surface area (Å²) in [6, 6.07) is 13.9. The third kappa shape index (κ3) is 5.54. The third-order valence-electron chi connectivity index (χ3n) is 3.59. The lowest BCUT2D eigenvalue weighted by molar-refractivity contribution is 0.309. The smallest absolute Gasteiger partial charge is 0.240 e. The van der Waals surface area contributed by atoms with Crippen molar-refractivity contribution in [2.24, 2.45) is 0 Å². The molecule has 130 valence electrons. The highest BCUT2D eigenvalue weighted by Crippen LogP contribution is 2.14. The number of nitrogens with two attached hydrogens (primary N) is 1. The Labute approximate surface area is 143 Å². The van der Waals surface area contributed by atoms with E-state index in [4.69, 9.17) is 10.5 Å². The first kappa shape index (κ1) is 18.3. The van der Waals surface area contributed by atoms with Crippen LogP contribution in [0.3, 0.4) is 0 Å². The second-order valence-corrected chi connectivity index (χ2v) is 7.33. The Kier molecular flexibility index (Phi) is 6.63. The highest BCUT2D eigenvalue weighted by molar-refractivity contribution is 7.89. The summed E-state index contributed by atoms with van der Waals surface area (Å²) >= 11 is 0. The average Bonchev–Trinajstić information content (AvgIpc) is 2.57. The number of unbranched alkanes of at least 4 members (excludes halogenated alkanes) is 1. The van der Waals surface area contributed by atoms with Crippen molar-refractivity contribution in [2.75, 3.05) is 18.9 Å². The van der Waals surface area contributed by atoms with Gasteiger partial charge in [0.2, 0.25) is 10.0 Å². The van der Waals surface area contributed by atoms with E-state index >= 15 is 0 Å². The van der Waals surface area contributed by atoms with Crippen LogP contribution in [0.5, 0.6) is 5.75 Å². The van der Waals surface area contributed by atoms with E-state index in [2.05, 4.69) is 11.6 Å². The Morgan fingerprint density at radius 3 is 2.33 bits per heavy atom. The summed E-state index contributed by atoms with van der Waals surface area (Å²) < 4.78 is 32.5. The average molecular weight is 348 g/mol. The van der Waals surface area contributed by atoms with Gasteiger partial charge in [-0.2, -0.15) is 0 Å². The quantitative estimate of drug-likeness (QED) is 0.539. The maximum absolute atomic E-state index is 12.2. The van der Waals surface area contributed by atoms with Crippen LogP contribution in [0.15, 0.2) is 53.4 Å². The van der Waals surface area contributed by atoms with Crippen LogP contribution in [0.25, 0.3) is 0 Å². The van der Waals surface area contributed by atoms with Gasteiger partial charge < -0.3 is 10.5 Å². The van der Waals surface area contributed by atoms with Crippen LogP contribution >= 0.6 is 0 Å². The topological polar surface area (TPSA) is 81.4 Å². The SMILES string of the molecule is CCCCOc1ccc(CCNS(=O)(=O)c2ccc(N)cc2)cc1. The standard InChI is InChI=1S/C18H24N2O3S/c1-2-3-14-23-17-8-4-15(5-9-17)12-13-20-24(21,22)18-10-6-16(19)7-11-18/h4-11,20H,2-3,12-14,19H2,1H3. The molecule has 0 aliphatic heterocycles. The molecule has 3 N–H and O–H groups in total. The molecule has 0 heterocycles. The molecule has 0 radical (unpaired) electrons. The monoisotopic (exact) mass is 348 g/mol. The highest BCUT2D eigenvalue weighted by Gasteiger charge is 2.12. The molecule has 2 rings (SSSR count). The second kappa shape index (κ2) is 8.70. The fourth-order valence-electron chi connectivity index (χ4n) is 2.15. The van der Waals surface area contributed by atoms with Gasteiger partial charge >= 0.3 is 0 Å². The molecular weight excluding hydrogens is 324 g/mol. The zero-order valence-electron chi connectivity index (χ0n) is 13.9. The van der Waals surface area contributed by atoms with Gasteiger partial charge in [-0.1, -0.05) is 25.5 Å². The predicted molar refractivity (Wildman–Crippen MR) is 96.6 cm³/mol. The van der Waals surface area contributed by atoms with Crippen molar-refractivity contribution in [3.05, 3.63) is 54.1 Å². The summed E-state index contributed by atoms with van der Waals surface area (Å²) in [5.74, 6) is 0.842. The molecule has 0 saturated heterocycles. The van der Waals surface area contributed by atoms with E-state index in [9.17, 15) is 8.42 Å². The summed E-state index contributed by atoms with van der Waals surface area (Å²) in [5.41, 5.74) is 7.16. The number of anilines is 1. The number of sulfonamides is 1. The van der Waals surface area contributed by atoms with Crippen LogP contribution in [-0.4, -0.2) is 21.6 Å². The van der Waals surface area contributed by atoms with Crippen molar-refractivity contribution in [1.82, 2.24) is 4.72 Å². The fraction of sp³-hybridized carbons (Fsp3) is 0.333. The highest BCUT2D eigenvalue weighted by atomic mass is 32.2. The van der Waals surface area contributed by atoms with E-state index in [1.807, 2.05) is 24.3 Å². The second-order valence-electron chi connectivity index (χ2n) is 5.56. The third-order valence-corrected chi connectivity index (χ3v) is 5.06. The summed E-state index contributed by atoms with van der Waals surface area (Å²) in [6.07, 6.45) is 2.75. The molecule has 0 aliphatic rings. The number of nitrogen functional groups attached to an aromatic ring is 1. The molecule has 2 aromatic rings. The van der Waals surface area contributed by atoms with Gasteiger partial charge in [0.05, 0.1) is 11.5 Å². The largest absolute Gasteiger partial charge is 0.494 e. The number of benzene rings is 2. The van der Waals surface area contributed by atoms with Gasteiger partial charge in [0.15, 0.2) is 0 Å². The minimum Gasteiger partial charge on any atom is -0.494 e. The molecule has 0 aliphatic carbocycles. The van der Waals surface area contributed by atoms with Gasteiger partial charge in [0.25, 0.3) is 0 Å². The molecule has 2 aromatic carbocycles. The zero-order valence-corrected chi connectivity index (χ0v) is 14.7. The van der Waals surface area contributed by atoms with Crippen LogP contribution in [0.4, 0.5) is 5.69 Å². The van der Waals surface area contributed by atoms with E-state index in [0.717, 1.165) is 30.8 Å². The van der Waals surface area contributed by atoms with Gasteiger partial charge in [-0.3, -0.25) is 0 Å². The lowest BCUT2D eigenvalue weighted by atomic mass is 10.1. The molecule has 0 saturated carbocycles. The zero-order chi connectivity index (χ0) is 17.4. The maximum atomic E-state index is 12.2. The minimum absolute atomic E-state index is 0.219. The Morgan fingerprint density at radius 2 is 1.71 bits per heavy atom. The van der Waals surface area contributed by atoms with E-state index in [1.165, 1.54) is 12.1 Å². The molecule has 0 unspecified atom stereocenters. The first-order valence-corrected chi connectivity index (χ1v) is 9.56. The Hall–Kier alpha value is -2.05. The van der Waals surface area contributed by atoms with Crippen molar-refractivity contribution < 1.29 is 13.2 Å². The molecule has 0 atom stereocenters. The van der Waals surface area contributed by atoms with Crippen LogP contribution in [0.2, 0.25) is 0 Å². The predicted octanol–water partition coefficient (Wildman–Crippen LogP) is 2.97. The van der Waals surface area contributed by atoms with E-state index in [1.54, 1.807) is 12.1 Å². The maximum Gasteiger partial charge on any atom is 0.240 e. The van der Waals surface area contributed by atoms with Gasteiger partial charge in [-0.15, -0.1) is 0 Å². The van der Waals surface area contributed by atoms with E-state index < -0.39 is 10.0 Å². The Morgan fingerprint density at radius 1 is 1.04 bits per heavy atom. The lowest BCUT2D eigenvalue weighted by Crippen LogP contribution is -2.26. The van der Waals surface area contributed by atoms with Crippen molar-refractivity contribution in [3.63, 3.8) is 0 Å². The molecular formula is C18H24N2O3S. The van der Waals surface area contributed by atoms with E-state index in [0.29, 0.717) is 18.7 Å². The normalized spacial score (nSPS) is 11.4. The summed E-state index contributed by atoms with van der Waals surface area (Å²) in [7, 11) is -3.50. The Bertz CT molecular complexity index is 726. The summed E-state index contributed by atoms with van der Waals surface area (Å²) in [5, 5.41) is 0. The van der Waals surface area contributed by atoms with Crippen molar-refractivity contribution in [3.8, 4) is 5.75 Å². The van der Waals surface area contributed by atoms with E-state index in [-0.39, 0.29) is 4.90 Å². The number of hydrogen-bond acceptors (Lipinski definition) is 4. The summed E-state index contributed by atoms with van der Waals surface area (Å²) in [6.45, 7) is 3.18. The van der Waals surface area contributed by atoms with Crippen LogP contribution in [0, 0.1) is 0 Å². The van der Waals surface area contributed by atoms with Crippen LogP contribution in [0.1, 0.15) is 25.3 Å². The lowest BCUT2D eigenvalue weighted by Gasteiger charge is -2.08. The Balaban J connectivity index is 1.84. The van der Waals surface area contributed by atoms with Crippen LogP contribution in [-0.2, 0) is 16.4 Å².